The Kier molecular flexibility index (Phi) is 10.6. The Balaban J connectivity index is 1.71. The van der Waals surface area contributed by atoms with Gasteiger partial charge in [-0.05, 0) is 69.4 Å². The molecule has 1 spiro atoms. The van der Waals surface area contributed by atoms with E-state index >= 15 is 0 Å². The van der Waals surface area contributed by atoms with Crippen molar-refractivity contribution >= 4 is 46.8 Å². The van der Waals surface area contributed by atoms with Crippen LogP contribution in [0.15, 0.2) is 43.5 Å². The Labute approximate surface area is 253 Å². The third kappa shape index (κ3) is 5.84. The molecule has 2 bridgehead atoms. The Morgan fingerprint density at radius 2 is 2.00 bits per heavy atom. The van der Waals surface area contributed by atoms with Crippen LogP contribution in [0.5, 0.6) is 0 Å². The summed E-state index contributed by atoms with van der Waals surface area (Å²) in [6, 6.07) is 4.78. The number of rotatable bonds is 15. The van der Waals surface area contributed by atoms with E-state index in [1.165, 1.54) is 0 Å². The van der Waals surface area contributed by atoms with Crippen LogP contribution in [-0.2, 0) is 19.1 Å². The first-order valence-electron chi connectivity index (χ1n) is 14.8. The molecule has 3 aliphatic heterocycles. The van der Waals surface area contributed by atoms with Gasteiger partial charge >= 0.3 is 5.97 Å². The molecule has 3 heterocycles. The zero-order valence-electron chi connectivity index (χ0n) is 24.2. The van der Waals surface area contributed by atoms with E-state index in [4.69, 9.17) is 16.3 Å². The number of aliphatic hydroxyl groups is 1. The van der Waals surface area contributed by atoms with Gasteiger partial charge < -0.3 is 19.6 Å². The topological polar surface area (TPSA) is 87.2 Å². The number of halogens is 1. The van der Waals surface area contributed by atoms with Crippen LogP contribution >= 0.6 is 23.4 Å². The summed E-state index contributed by atoms with van der Waals surface area (Å²) in [6.07, 6.45) is 8.80. The normalized spacial score (nSPS) is 28.0. The fourth-order valence-corrected chi connectivity index (χ4v) is 9.80. The standard InChI is InChI=1S/C32H43ClN2O5S/c1-5-7-8-12-19-40-31(39)25-24-20-22(4)32(41-24)26(25)29(37)35(17-10-9-11-18-36)28(32)30(38)34(16-6-2)27-21(3)14-13-15-23(27)33/h5-6,13-15,22,24-26,28,36H,1-2,7-12,16-20H2,3-4H3/t22?,24-,25+,26-,28?,32?/m0/s1. The van der Waals surface area contributed by atoms with Gasteiger partial charge in [0.15, 0.2) is 0 Å². The zero-order valence-corrected chi connectivity index (χ0v) is 25.8. The molecule has 224 valence electrons. The Morgan fingerprint density at radius 3 is 2.68 bits per heavy atom. The van der Waals surface area contributed by atoms with Gasteiger partial charge in [-0.15, -0.1) is 24.9 Å². The lowest BCUT2D eigenvalue weighted by atomic mass is 9.66. The van der Waals surface area contributed by atoms with E-state index < -0.39 is 22.6 Å². The van der Waals surface area contributed by atoms with Crippen LogP contribution in [0.2, 0.25) is 5.02 Å². The summed E-state index contributed by atoms with van der Waals surface area (Å²) >= 11 is 8.30. The third-order valence-corrected chi connectivity index (χ3v) is 11.3. The van der Waals surface area contributed by atoms with Crippen LogP contribution in [-0.4, -0.2) is 70.1 Å². The van der Waals surface area contributed by atoms with Crippen molar-refractivity contribution in [3.8, 4) is 0 Å². The number of allylic oxidation sites excluding steroid dienone is 1. The van der Waals surface area contributed by atoms with Crippen LogP contribution in [0.4, 0.5) is 5.69 Å². The number of ether oxygens (including phenoxy) is 1. The number of likely N-dealkylation sites (tertiary alicyclic amines) is 1. The number of thioether (sulfide) groups is 1. The van der Waals surface area contributed by atoms with Gasteiger partial charge in [-0.1, -0.05) is 42.8 Å². The minimum Gasteiger partial charge on any atom is -0.465 e. The van der Waals surface area contributed by atoms with Crippen molar-refractivity contribution < 1.29 is 24.2 Å². The van der Waals surface area contributed by atoms with Gasteiger partial charge in [0.1, 0.15) is 6.04 Å². The number of amides is 2. The van der Waals surface area contributed by atoms with Crippen molar-refractivity contribution in [3.63, 3.8) is 0 Å². The van der Waals surface area contributed by atoms with Crippen molar-refractivity contribution in [2.75, 3.05) is 31.2 Å². The lowest BCUT2D eigenvalue weighted by Crippen LogP contribution is -2.57. The summed E-state index contributed by atoms with van der Waals surface area (Å²) in [4.78, 5) is 45.9. The fourth-order valence-electron chi connectivity index (χ4n) is 7.07. The van der Waals surface area contributed by atoms with Gasteiger partial charge in [0, 0.05) is 24.9 Å². The maximum Gasteiger partial charge on any atom is 0.310 e. The molecule has 0 saturated carbocycles. The van der Waals surface area contributed by atoms with Crippen LogP contribution in [0, 0.1) is 24.7 Å². The second-order valence-corrected chi connectivity index (χ2v) is 13.4. The van der Waals surface area contributed by atoms with Gasteiger partial charge in [-0.2, -0.15) is 0 Å². The number of carbonyl (C=O) groups excluding carboxylic acids is 3. The Hall–Kier alpha value is -2.29. The van der Waals surface area contributed by atoms with Gasteiger partial charge in [-0.25, -0.2) is 0 Å². The number of unbranched alkanes of at least 4 members (excludes halogenated alkanes) is 4. The number of aliphatic hydroxyl groups excluding tert-OH is 1. The summed E-state index contributed by atoms with van der Waals surface area (Å²) in [6.45, 7) is 12.7. The predicted molar refractivity (Wildman–Crippen MR) is 165 cm³/mol. The molecule has 0 aromatic heterocycles. The zero-order chi connectivity index (χ0) is 29.7. The largest absolute Gasteiger partial charge is 0.465 e. The number of para-hydroxylation sites is 1. The molecule has 41 heavy (non-hydrogen) atoms. The first-order valence-corrected chi connectivity index (χ1v) is 16.0. The van der Waals surface area contributed by atoms with E-state index in [0.29, 0.717) is 36.7 Å². The van der Waals surface area contributed by atoms with E-state index in [1.807, 2.05) is 25.1 Å². The van der Waals surface area contributed by atoms with E-state index in [1.54, 1.807) is 33.7 Å². The van der Waals surface area contributed by atoms with Gasteiger partial charge in [0.05, 0.1) is 33.9 Å². The third-order valence-electron chi connectivity index (χ3n) is 8.89. The first kappa shape index (κ1) is 31.6. The summed E-state index contributed by atoms with van der Waals surface area (Å²) in [5, 5.41) is 9.69. The van der Waals surface area contributed by atoms with Gasteiger partial charge in [0.25, 0.3) is 5.91 Å². The predicted octanol–water partition coefficient (Wildman–Crippen LogP) is 5.57. The number of nitrogens with zero attached hydrogens (tertiary/aromatic N) is 2. The SMILES string of the molecule is C=CCCCCOC(=O)[C@@H]1[C@@H]2CC(C)C3(S2)C(C(=O)N(CC=C)c2c(C)cccc2Cl)N(CCCCCO)C(=O)[C@H]13. The highest BCUT2D eigenvalue weighted by molar-refractivity contribution is 8.02. The van der Waals surface area contributed by atoms with Crippen LogP contribution in [0.1, 0.15) is 57.4 Å². The number of aryl methyl sites for hydroxylation is 1. The van der Waals surface area contributed by atoms with Crippen LogP contribution in [0.3, 0.4) is 0 Å². The first-order chi connectivity index (χ1) is 19.7. The molecule has 1 N–H and O–H groups in total. The molecule has 1 aromatic rings. The van der Waals surface area contributed by atoms with Gasteiger partial charge in [-0.3, -0.25) is 14.4 Å². The Morgan fingerprint density at radius 1 is 1.22 bits per heavy atom. The molecular formula is C32H43ClN2O5S. The summed E-state index contributed by atoms with van der Waals surface area (Å²) in [7, 11) is 0. The molecule has 3 unspecified atom stereocenters. The van der Waals surface area contributed by atoms with Crippen LogP contribution in [0.25, 0.3) is 0 Å². The maximum absolute atomic E-state index is 14.8. The lowest BCUT2D eigenvalue weighted by Gasteiger charge is -2.40. The number of hydrogen-bond donors (Lipinski definition) is 1. The summed E-state index contributed by atoms with van der Waals surface area (Å²) in [5.74, 6) is -1.80. The second-order valence-electron chi connectivity index (χ2n) is 11.5. The molecule has 3 saturated heterocycles. The highest BCUT2D eigenvalue weighted by Crippen LogP contribution is 2.69. The summed E-state index contributed by atoms with van der Waals surface area (Å²) < 4.78 is 4.99. The number of carbonyl (C=O) groups is 3. The van der Waals surface area contributed by atoms with E-state index in [9.17, 15) is 19.5 Å². The molecule has 0 radical (unpaired) electrons. The number of benzene rings is 1. The molecule has 9 heteroatoms. The van der Waals surface area contributed by atoms with Crippen LogP contribution < -0.4 is 4.90 Å². The smallest absolute Gasteiger partial charge is 0.310 e. The van der Waals surface area contributed by atoms with E-state index in [2.05, 4.69) is 20.1 Å². The average Bonchev–Trinajstić information content (AvgIpc) is 3.53. The molecular weight excluding hydrogens is 560 g/mol. The molecule has 2 amide bonds. The molecule has 0 aliphatic carbocycles. The van der Waals surface area contributed by atoms with Crippen molar-refractivity contribution in [1.82, 2.24) is 4.90 Å². The minimum atomic E-state index is -0.750. The van der Waals surface area contributed by atoms with Crippen molar-refractivity contribution in [1.29, 1.82) is 0 Å². The molecule has 3 fully saturated rings. The molecule has 4 rings (SSSR count). The van der Waals surface area contributed by atoms with E-state index in [-0.39, 0.29) is 42.1 Å². The van der Waals surface area contributed by atoms with Crippen molar-refractivity contribution in [3.05, 3.63) is 54.1 Å². The van der Waals surface area contributed by atoms with Gasteiger partial charge in [0.2, 0.25) is 5.91 Å². The molecule has 1 aromatic carbocycles. The number of anilines is 1. The Bertz CT molecular complexity index is 1140. The monoisotopic (exact) mass is 602 g/mol. The molecule has 3 aliphatic rings. The number of esters is 1. The number of fused-ring (bicyclic) bond motifs is 1. The maximum atomic E-state index is 14.8. The lowest BCUT2D eigenvalue weighted by molar-refractivity contribution is -0.154. The molecule has 6 atom stereocenters. The minimum absolute atomic E-state index is 0.0532. The van der Waals surface area contributed by atoms with E-state index in [0.717, 1.165) is 37.7 Å². The average molecular weight is 603 g/mol. The highest BCUT2D eigenvalue weighted by atomic mass is 35.5. The highest BCUT2D eigenvalue weighted by Gasteiger charge is 2.76. The molecule has 7 nitrogen and oxygen atoms in total. The fraction of sp³-hybridized carbons (Fsp3) is 0.594. The summed E-state index contributed by atoms with van der Waals surface area (Å²) in [5.41, 5.74) is 1.47. The quantitative estimate of drug-likeness (QED) is 0.161. The number of hydrogen-bond acceptors (Lipinski definition) is 6. The van der Waals surface area contributed by atoms with Crippen molar-refractivity contribution in [2.24, 2.45) is 17.8 Å². The van der Waals surface area contributed by atoms with Crippen molar-refractivity contribution in [2.45, 2.75) is 74.8 Å². The second kappa shape index (κ2) is 13.8.